The van der Waals surface area contributed by atoms with Crippen LogP contribution in [0.25, 0.3) is 0 Å². The van der Waals surface area contributed by atoms with Crippen LogP contribution >= 0.6 is 0 Å². The average Bonchev–Trinajstić information content (AvgIpc) is 2.53. The standard InChI is InChI=1S/C17H25NO5/c1-10(16(19)18-12(3)11(2)17(20)21)8-13-6-7-14(22-4)15(9-13)23-5/h6-7,9-12H,8H2,1-5H3,(H,18,19)(H,20,21). The number of ether oxygens (including phenoxy) is 2. The summed E-state index contributed by atoms with van der Waals surface area (Å²) in [5.41, 5.74) is 0.948. The Morgan fingerprint density at radius 3 is 2.26 bits per heavy atom. The number of methoxy groups -OCH3 is 2. The van der Waals surface area contributed by atoms with Gasteiger partial charge in [0.2, 0.25) is 5.91 Å². The maximum Gasteiger partial charge on any atom is 0.308 e. The van der Waals surface area contributed by atoms with Crippen LogP contribution < -0.4 is 14.8 Å². The molecule has 2 N–H and O–H groups in total. The molecule has 6 nitrogen and oxygen atoms in total. The Bertz CT molecular complexity index is 558. The van der Waals surface area contributed by atoms with Crippen LogP contribution in [-0.4, -0.2) is 37.2 Å². The lowest BCUT2D eigenvalue weighted by Gasteiger charge is -2.20. The van der Waals surface area contributed by atoms with Gasteiger partial charge in [-0.3, -0.25) is 9.59 Å². The highest BCUT2D eigenvalue weighted by Gasteiger charge is 2.23. The third kappa shape index (κ3) is 5.16. The van der Waals surface area contributed by atoms with Gasteiger partial charge in [0.1, 0.15) is 0 Å². The van der Waals surface area contributed by atoms with Crippen LogP contribution in [0.2, 0.25) is 0 Å². The van der Waals surface area contributed by atoms with Crippen LogP contribution in [0.15, 0.2) is 18.2 Å². The molecule has 0 bridgehead atoms. The fraction of sp³-hybridized carbons (Fsp3) is 0.529. The molecular weight excluding hydrogens is 298 g/mol. The number of nitrogens with one attached hydrogen (secondary N) is 1. The van der Waals surface area contributed by atoms with Gasteiger partial charge in [0.15, 0.2) is 11.5 Å². The number of hydrogen-bond acceptors (Lipinski definition) is 4. The molecule has 0 radical (unpaired) electrons. The smallest absolute Gasteiger partial charge is 0.308 e. The number of benzene rings is 1. The molecule has 0 aliphatic carbocycles. The van der Waals surface area contributed by atoms with E-state index in [0.29, 0.717) is 17.9 Å². The highest BCUT2D eigenvalue weighted by molar-refractivity contribution is 5.80. The fourth-order valence-corrected chi connectivity index (χ4v) is 2.16. The lowest BCUT2D eigenvalue weighted by atomic mass is 9.98. The second kappa shape index (κ2) is 8.41. The Kier molecular flexibility index (Phi) is 6.88. The number of carbonyl (C=O) groups excluding carboxylic acids is 1. The summed E-state index contributed by atoms with van der Waals surface area (Å²) in [6.45, 7) is 5.08. The van der Waals surface area contributed by atoms with Crippen molar-refractivity contribution in [3.05, 3.63) is 23.8 Å². The van der Waals surface area contributed by atoms with Crippen LogP contribution in [0.1, 0.15) is 26.3 Å². The summed E-state index contributed by atoms with van der Waals surface area (Å²) in [6.07, 6.45) is 0.528. The molecule has 23 heavy (non-hydrogen) atoms. The van der Waals surface area contributed by atoms with Gasteiger partial charge < -0.3 is 19.9 Å². The zero-order valence-corrected chi connectivity index (χ0v) is 14.3. The van der Waals surface area contributed by atoms with E-state index in [-0.39, 0.29) is 11.8 Å². The molecule has 0 aliphatic rings. The van der Waals surface area contributed by atoms with E-state index >= 15 is 0 Å². The molecule has 0 fully saturated rings. The first-order chi connectivity index (χ1) is 10.8. The van der Waals surface area contributed by atoms with E-state index in [0.717, 1.165) is 5.56 Å². The predicted octanol–water partition coefficient (Wildman–Crippen LogP) is 2.11. The van der Waals surface area contributed by atoms with E-state index in [4.69, 9.17) is 14.6 Å². The van der Waals surface area contributed by atoms with Gasteiger partial charge in [-0.05, 0) is 38.0 Å². The first-order valence-electron chi connectivity index (χ1n) is 7.54. The summed E-state index contributed by atoms with van der Waals surface area (Å²) >= 11 is 0. The predicted molar refractivity (Wildman–Crippen MR) is 86.8 cm³/mol. The monoisotopic (exact) mass is 323 g/mol. The molecule has 0 spiro atoms. The second-order valence-corrected chi connectivity index (χ2v) is 5.72. The normalized spacial score (nSPS) is 14.5. The Hall–Kier alpha value is -2.24. The highest BCUT2D eigenvalue weighted by Crippen LogP contribution is 2.28. The number of carbonyl (C=O) groups is 2. The van der Waals surface area contributed by atoms with Crippen molar-refractivity contribution in [2.75, 3.05) is 14.2 Å². The van der Waals surface area contributed by atoms with E-state index in [1.165, 1.54) is 0 Å². The van der Waals surface area contributed by atoms with E-state index < -0.39 is 17.9 Å². The molecule has 3 atom stereocenters. The molecule has 1 aromatic rings. The first kappa shape index (κ1) is 18.8. The van der Waals surface area contributed by atoms with Crippen molar-refractivity contribution in [2.24, 2.45) is 11.8 Å². The molecule has 0 saturated heterocycles. The average molecular weight is 323 g/mol. The summed E-state index contributed by atoms with van der Waals surface area (Å²) in [5.74, 6) is -0.753. The minimum absolute atomic E-state index is 0.166. The number of rotatable bonds is 8. The number of hydrogen-bond donors (Lipinski definition) is 2. The Balaban J connectivity index is 2.70. The van der Waals surface area contributed by atoms with Crippen molar-refractivity contribution in [3.8, 4) is 11.5 Å². The lowest BCUT2D eigenvalue weighted by molar-refractivity contribution is -0.142. The van der Waals surface area contributed by atoms with Gasteiger partial charge in [-0.15, -0.1) is 0 Å². The van der Waals surface area contributed by atoms with Gasteiger partial charge in [0, 0.05) is 12.0 Å². The van der Waals surface area contributed by atoms with Crippen molar-refractivity contribution in [2.45, 2.75) is 33.2 Å². The SMILES string of the molecule is COc1ccc(CC(C)C(=O)NC(C)C(C)C(=O)O)cc1OC. The zero-order chi connectivity index (χ0) is 17.6. The highest BCUT2D eigenvalue weighted by atomic mass is 16.5. The van der Waals surface area contributed by atoms with E-state index in [1.54, 1.807) is 34.1 Å². The molecule has 0 heterocycles. The summed E-state index contributed by atoms with van der Waals surface area (Å²) in [6, 6.07) is 5.10. The summed E-state index contributed by atoms with van der Waals surface area (Å²) in [4.78, 5) is 23.1. The van der Waals surface area contributed by atoms with Crippen LogP contribution in [-0.2, 0) is 16.0 Å². The lowest BCUT2D eigenvalue weighted by Crippen LogP contribution is -2.42. The Morgan fingerprint density at radius 2 is 1.74 bits per heavy atom. The van der Waals surface area contributed by atoms with Gasteiger partial charge in [-0.25, -0.2) is 0 Å². The summed E-state index contributed by atoms with van der Waals surface area (Å²) in [7, 11) is 3.13. The number of amides is 1. The van der Waals surface area contributed by atoms with Crippen molar-refractivity contribution in [1.29, 1.82) is 0 Å². The van der Waals surface area contributed by atoms with Gasteiger partial charge in [-0.1, -0.05) is 13.0 Å². The summed E-state index contributed by atoms with van der Waals surface area (Å²) in [5, 5.41) is 11.7. The Morgan fingerprint density at radius 1 is 1.13 bits per heavy atom. The van der Waals surface area contributed by atoms with E-state index in [9.17, 15) is 9.59 Å². The third-order valence-electron chi connectivity index (χ3n) is 3.95. The van der Waals surface area contributed by atoms with Gasteiger partial charge in [0.25, 0.3) is 0 Å². The zero-order valence-electron chi connectivity index (χ0n) is 14.3. The van der Waals surface area contributed by atoms with Crippen molar-refractivity contribution < 1.29 is 24.2 Å². The first-order valence-corrected chi connectivity index (χ1v) is 7.54. The summed E-state index contributed by atoms with van der Waals surface area (Å²) < 4.78 is 10.4. The minimum atomic E-state index is -0.926. The fourth-order valence-electron chi connectivity index (χ4n) is 2.16. The van der Waals surface area contributed by atoms with Crippen LogP contribution in [0, 0.1) is 11.8 Å². The molecule has 1 rings (SSSR count). The van der Waals surface area contributed by atoms with Gasteiger partial charge in [-0.2, -0.15) is 0 Å². The third-order valence-corrected chi connectivity index (χ3v) is 3.95. The molecular formula is C17H25NO5. The molecule has 0 aromatic heterocycles. The largest absolute Gasteiger partial charge is 0.493 e. The van der Waals surface area contributed by atoms with E-state index in [2.05, 4.69) is 5.32 Å². The van der Waals surface area contributed by atoms with Crippen LogP contribution in [0.3, 0.4) is 0 Å². The van der Waals surface area contributed by atoms with Gasteiger partial charge >= 0.3 is 5.97 Å². The van der Waals surface area contributed by atoms with Crippen molar-refractivity contribution in [1.82, 2.24) is 5.32 Å². The minimum Gasteiger partial charge on any atom is -0.493 e. The molecule has 0 aliphatic heterocycles. The number of aliphatic carboxylic acids is 1. The quantitative estimate of drug-likeness (QED) is 0.765. The number of carboxylic acids is 1. The molecule has 0 saturated carbocycles. The van der Waals surface area contributed by atoms with Crippen LogP contribution in [0.4, 0.5) is 0 Å². The number of carboxylic acid groups (broad SMARTS) is 1. The molecule has 128 valence electrons. The second-order valence-electron chi connectivity index (χ2n) is 5.72. The van der Waals surface area contributed by atoms with E-state index in [1.807, 2.05) is 19.1 Å². The van der Waals surface area contributed by atoms with Crippen molar-refractivity contribution in [3.63, 3.8) is 0 Å². The maximum atomic E-state index is 12.2. The van der Waals surface area contributed by atoms with Gasteiger partial charge in [0.05, 0.1) is 20.1 Å². The van der Waals surface area contributed by atoms with Crippen LogP contribution in [0.5, 0.6) is 11.5 Å². The Labute approximate surface area is 136 Å². The molecule has 3 unspecified atom stereocenters. The molecule has 1 aromatic carbocycles. The van der Waals surface area contributed by atoms with Crippen molar-refractivity contribution >= 4 is 11.9 Å². The molecule has 6 heteroatoms. The molecule has 1 amide bonds. The topological polar surface area (TPSA) is 84.9 Å². The maximum absolute atomic E-state index is 12.2.